The Hall–Kier alpha value is -5.16. The summed E-state index contributed by atoms with van der Waals surface area (Å²) in [7, 11) is 3.55. The van der Waals surface area contributed by atoms with Crippen molar-refractivity contribution in [3.8, 4) is 29.8 Å². The molecule has 13 heteroatoms. The average molecular weight is 617 g/mol. The predicted octanol–water partition coefficient (Wildman–Crippen LogP) is 4.20. The van der Waals surface area contributed by atoms with Gasteiger partial charge in [-0.1, -0.05) is 24.3 Å². The van der Waals surface area contributed by atoms with Crippen LogP contribution in [0.2, 0.25) is 0 Å². The third-order valence-electron chi connectivity index (χ3n) is 6.35. The van der Waals surface area contributed by atoms with Gasteiger partial charge in [0.25, 0.3) is 0 Å². The summed E-state index contributed by atoms with van der Waals surface area (Å²) >= 11 is 0. The molecule has 0 spiro atoms. The lowest BCUT2D eigenvalue weighted by Gasteiger charge is -2.12. The van der Waals surface area contributed by atoms with Crippen molar-refractivity contribution in [1.29, 1.82) is 0 Å². The summed E-state index contributed by atoms with van der Waals surface area (Å²) in [6.07, 6.45) is 11.9. The van der Waals surface area contributed by atoms with Crippen molar-refractivity contribution in [3.05, 3.63) is 84.4 Å². The quantitative estimate of drug-likeness (QED) is 0.149. The summed E-state index contributed by atoms with van der Waals surface area (Å²) in [5, 5.41) is 12.5. The number of pyridine rings is 2. The number of nitrogens with zero attached hydrogens (tertiary/aromatic N) is 6. The molecular formula is C32H37FN8O4. The van der Waals surface area contributed by atoms with Gasteiger partial charge in [0.2, 0.25) is 18.1 Å². The molecular weight excluding hydrogens is 579 g/mol. The number of amides is 1. The third-order valence-corrected chi connectivity index (χ3v) is 6.35. The number of aryl methyl sites for hydroxylation is 1. The van der Waals surface area contributed by atoms with E-state index in [9.17, 15) is 9.18 Å². The molecule has 6 rings (SSSR count). The fraction of sp³-hybridized carbons (Fsp3) is 0.281. The van der Waals surface area contributed by atoms with Gasteiger partial charge in [-0.3, -0.25) is 9.63 Å². The number of halogens is 1. The number of nitrogens with one attached hydrogen (secondary N) is 2. The van der Waals surface area contributed by atoms with Crippen LogP contribution in [0.25, 0.3) is 28.2 Å². The molecule has 1 aromatic carbocycles. The minimum absolute atomic E-state index is 0.124. The van der Waals surface area contributed by atoms with Gasteiger partial charge in [0, 0.05) is 57.7 Å². The Bertz CT molecular complexity index is 1630. The number of hydrogen-bond acceptors (Lipinski definition) is 10. The number of carbonyl (C=O) groups excluding carboxylic acids is 1. The van der Waals surface area contributed by atoms with Gasteiger partial charge in [-0.25, -0.2) is 19.6 Å². The molecule has 0 bridgehead atoms. The second-order valence-electron chi connectivity index (χ2n) is 9.41. The fourth-order valence-electron chi connectivity index (χ4n) is 4.32. The first-order valence-electron chi connectivity index (χ1n) is 14.0. The topological polar surface area (TPSA) is 132 Å². The molecule has 1 aliphatic heterocycles. The van der Waals surface area contributed by atoms with Crippen molar-refractivity contribution in [3.63, 3.8) is 0 Å². The highest BCUT2D eigenvalue weighted by Gasteiger charge is 2.22. The summed E-state index contributed by atoms with van der Waals surface area (Å²) < 4.78 is 24.0. The fourth-order valence-corrected chi connectivity index (χ4v) is 4.32. The Kier molecular flexibility index (Phi) is 13.6. The van der Waals surface area contributed by atoms with Crippen LogP contribution in [0.3, 0.4) is 0 Å². The standard InChI is InChI=1S/C18H17N5O.C7H14N2O3.C5H4FN.C2H2/c1-11-16(13-9-15-18(20-10-13)24-12(2)21-15)22-23(17(11)19-3)14-7-5-4-6-8-14;1-11-3-2-9-4-7(5-12-9)8-6-10;6-5-3-1-2-4-7-5;1-2/h4-10,19H,1-3H3;6-7H,2-5H2,1H3,(H,8,10);1-4H;1-2H/t;7-;;/m.1../s1. The monoisotopic (exact) mass is 616 g/mol. The SMILES string of the molecule is C#C.CNc1c(C)c(-c2cnc3oc(C)nc3c2)nn1-c1ccccc1.COCCN1C[C@@H](NC=O)CO1.Fc1ccccn1. The minimum atomic E-state index is -0.428. The van der Waals surface area contributed by atoms with E-state index >= 15 is 0 Å². The first-order valence-corrected chi connectivity index (χ1v) is 14.0. The van der Waals surface area contributed by atoms with Gasteiger partial charge in [-0.05, 0) is 37.3 Å². The van der Waals surface area contributed by atoms with Gasteiger partial charge in [-0.15, -0.1) is 12.8 Å². The van der Waals surface area contributed by atoms with Gasteiger partial charge in [0.15, 0.2) is 5.89 Å². The summed E-state index contributed by atoms with van der Waals surface area (Å²) in [6, 6.07) is 16.7. The van der Waals surface area contributed by atoms with E-state index in [0.717, 1.165) is 46.9 Å². The molecule has 1 atom stereocenters. The maximum atomic E-state index is 11.8. The van der Waals surface area contributed by atoms with Crippen molar-refractivity contribution >= 4 is 23.5 Å². The number of hydroxylamine groups is 2. The van der Waals surface area contributed by atoms with E-state index in [1.54, 1.807) is 30.5 Å². The number of anilines is 1. The van der Waals surface area contributed by atoms with E-state index in [2.05, 4.69) is 38.4 Å². The number of carbonyl (C=O) groups is 1. The molecule has 2 N–H and O–H groups in total. The summed E-state index contributed by atoms with van der Waals surface area (Å²) in [5.74, 6) is 1.13. The van der Waals surface area contributed by atoms with Gasteiger partial charge < -0.3 is 19.8 Å². The molecule has 1 fully saturated rings. The van der Waals surface area contributed by atoms with Crippen LogP contribution in [0.5, 0.6) is 0 Å². The number of fused-ring (bicyclic) bond motifs is 1. The van der Waals surface area contributed by atoms with Crippen LogP contribution in [-0.4, -0.2) is 82.7 Å². The highest BCUT2D eigenvalue weighted by atomic mass is 19.1. The highest BCUT2D eigenvalue weighted by molar-refractivity contribution is 5.78. The zero-order valence-corrected chi connectivity index (χ0v) is 25.7. The molecule has 0 saturated carbocycles. The number of oxazole rings is 1. The van der Waals surface area contributed by atoms with Crippen LogP contribution in [0.4, 0.5) is 10.2 Å². The van der Waals surface area contributed by atoms with E-state index in [1.807, 2.05) is 62.0 Å². The van der Waals surface area contributed by atoms with E-state index in [0.29, 0.717) is 31.2 Å². The number of methoxy groups -OCH3 is 1. The predicted molar refractivity (Wildman–Crippen MR) is 170 cm³/mol. The number of para-hydroxylation sites is 1. The van der Waals surface area contributed by atoms with Crippen LogP contribution in [-0.2, 0) is 14.4 Å². The van der Waals surface area contributed by atoms with E-state index in [-0.39, 0.29) is 6.04 Å². The maximum absolute atomic E-state index is 11.8. The van der Waals surface area contributed by atoms with Crippen LogP contribution in [0.1, 0.15) is 11.5 Å². The van der Waals surface area contributed by atoms with Crippen molar-refractivity contribution in [1.82, 2.24) is 35.1 Å². The molecule has 1 aliphatic rings. The van der Waals surface area contributed by atoms with E-state index in [4.69, 9.17) is 19.1 Å². The number of rotatable bonds is 8. The van der Waals surface area contributed by atoms with Crippen LogP contribution >= 0.6 is 0 Å². The normalized spacial score (nSPS) is 13.8. The van der Waals surface area contributed by atoms with Gasteiger partial charge >= 0.3 is 0 Å². The molecule has 236 valence electrons. The van der Waals surface area contributed by atoms with Crippen LogP contribution < -0.4 is 10.6 Å². The summed E-state index contributed by atoms with van der Waals surface area (Å²) in [6.45, 7) is 6.55. The van der Waals surface area contributed by atoms with Gasteiger partial charge in [0.1, 0.15) is 11.3 Å². The zero-order chi connectivity index (χ0) is 32.6. The molecule has 12 nitrogen and oxygen atoms in total. The lowest BCUT2D eigenvalue weighted by molar-refractivity contribution is -0.118. The molecule has 1 saturated heterocycles. The average Bonchev–Trinajstić information content (AvgIpc) is 3.78. The van der Waals surface area contributed by atoms with E-state index < -0.39 is 5.95 Å². The zero-order valence-electron chi connectivity index (χ0n) is 25.7. The molecule has 0 aliphatic carbocycles. The maximum Gasteiger partial charge on any atom is 0.246 e. The first-order chi connectivity index (χ1) is 21.9. The number of aromatic nitrogens is 5. The van der Waals surface area contributed by atoms with Gasteiger partial charge in [-0.2, -0.15) is 14.6 Å². The van der Waals surface area contributed by atoms with Crippen molar-refractivity contribution < 1.29 is 23.2 Å². The summed E-state index contributed by atoms with van der Waals surface area (Å²) in [5.41, 5.74) is 5.14. The van der Waals surface area contributed by atoms with E-state index in [1.165, 1.54) is 12.3 Å². The number of benzene rings is 1. The first kappa shape index (κ1) is 34.3. The molecule has 1 amide bonds. The largest absolute Gasteiger partial charge is 0.423 e. The van der Waals surface area contributed by atoms with Crippen molar-refractivity contribution in [2.75, 3.05) is 45.8 Å². The Morgan fingerprint density at radius 3 is 2.51 bits per heavy atom. The molecule has 5 heterocycles. The summed E-state index contributed by atoms with van der Waals surface area (Å²) in [4.78, 5) is 27.4. The molecule has 0 unspecified atom stereocenters. The third kappa shape index (κ3) is 9.67. The lowest BCUT2D eigenvalue weighted by atomic mass is 10.1. The smallest absolute Gasteiger partial charge is 0.246 e. The van der Waals surface area contributed by atoms with Crippen molar-refractivity contribution in [2.24, 2.45) is 0 Å². The second kappa shape index (κ2) is 17.8. The highest BCUT2D eigenvalue weighted by Crippen LogP contribution is 2.31. The number of terminal acetylenes is 1. The minimum Gasteiger partial charge on any atom is -0.423 e. The van der Waals surface area contributed by atoms with Crippen LogP contribution in [0.15, 0.2) is 71.4 Å². The van der Waals surface area contributed by atoms with Crippen molar-refractivity contribution in [2.45, 2.75) is 19.9 Å². The number of ether oxygens (including phenoxy) is 1. The Labute approximate surface area is 261 Å². The molecule has 4 aromatic heterocycles. The van der Waals surface area contributed by atoms with Crippen LogP contribution in [0, 0.1) is 32.6 Å². The Balaban J connectivity index is 0.000000218. The number of hydrogen-bond donors (Lipinski definition) is 2. The molecule has 0 radical (unpaired) electrons. The molecule has 45 heavy (non-hydrogen) atoms. The lowest BCUT2D eigenvalue weighted by Crippen LogP contribution is -2.33. The second-order valence-corrected chi connectivity index (χ2v) is 9.41. The van der Waals surface area contributed by atoms with Gasteiger partial charge in [0.05, 0.1) is 30.6 Å². The molecule has 5 aromatic rings. The Morgan fingerprint density at radius 2 is 1.89 bits per heavy atom. The Morgan fingerprint density at radius 1 is 1.13 bits per heavy atom.